The summed E-state index contributed by atoms with van der Waals surface area (Å²) in [5, 5.41) is 33.4. The van der Waals surface area contributed by atoms with Crippen molar-refractivity contribution in [2.24, 2.45) is 4.99 Å². The second kappa shape index (κ2) is 9.42. The van der Waals surface area contributed by atoms with Crippen LogP contribution in [0, 0.1) is 37.3 Å². The van der Waals surface area contributed by atoms with Crippen LogP contribution >= 0.6 is 0 Å². The summed E-state index contributed by atoms with van der Waals surface area (Å²) in [5.74, 6) is -0.920. The van der Waals surface area contributed by atoms with E-state index in [1.165, 1.54) is 30.3 Å². The van der Waals surface area contributed by atoms with Gasteiger partial charge in [-0.25, -0.2) is 9.79 Å². The molecule has 0 amide bonds. The normalized spacial score (nSPS) is 13.8. The molecule has 0 aromatic heterocycles. The van der Waals surface area contributed by atoms with Crippen molar-refractivity contribution in [3.63, 3.8) is 0 Å². The van der Waals surface area contributed by atoms with Gasteiger partial charge in [0.1, 0.15) is 5.75 Å². The van der Waals surface area contributed by atoms with E-state index in [1.54, 1.807) is 25.1 Å². The van der Waals surface area contributed by atoms with Crippen molar-refractivity contribution >= 4 is 35.0 Å². The molecule has 0 unspecified atom stereocenters. The molecular weight excluding hydrogens is 476 g/mol. The molecule has 3 aromatic carbocycles. The maximum Gasteiger partial charge on any atom is 0.363 e. The van der Waals surface area contributed by atoms with Crippen molar-refractivity contribution in [1.82, 2.24) is 0 Å². The number of carbonyl (C=O) groups is 1. The fourth-order valence-electron chi connectivity index (χ4n) is 3.27. The minimum absolute atomic E-state index is 0.0771. The van der Waals surface area contributed by atoms with E-state index >= 15 is 0 Å². The van der Waals surface area contributed by atoms with E-state index in [0.717, 1.165) is 18.2 Å². The second-order valence-electron chi connectivity index (χ2n) is 7.44. The summed E-state index contributed by atoms with van der Waals surface area (Å²) in [6, 6.07) is 13.5. The van der Waals surface area contributed by atoms with Gasteiger partial charge in [-0.1, -0.05) is 18.2 Å². The molecule has 1 aliphatic rings. The number of nitrogens with zero attached hydrogens (tertiary/aromatic N) is 4. The highest BCUT2D eigenvalue weighted by atomic mass is 16.6. The van der Waals surface area contributed by atoms with Crippen molar-refractivity contribution < 1.29 is 29.0 Å². The van der Waals surface area contributed by atoms with Gasteiger partial charge in [0.25, 0.3) is 11.4 Å². The highest BCUT2D eigenvalue weighted by Gasteiger charge is 2.26. The van der Waals surface area contributed by atoms with Crippen LogP contribution in [0.2, 0.25) is 0 Å². The fourth-order valence-corrected chi connectivity index (χ4v) is 3.27. The summed E-state index contributed by atoms with van der Waals surface area (Å²) in [4.78, 5) is 47.8. The van der Waals surface area contributed by atoms with Crippen LogP contribution in [0.3, 0.4) is 0 Å². The Balaban J connectivity index is 1.62. The van der Waals surface area contributed by atoms with E-state index in [0.29, 0.717) is 11.1 Å². The number of benzene rings is 3. The molecule has 13 nitrogen and oxygen atoms in total. The van der Waals surface area contributed by atoms with Gasteiger partial charge in [-0.3, -0.25) is 30.3 Å². The van der Waals surface area contributed by atoms with Gasteiger partial charge < -0.3 is 9.47 Å². The predicted octanol–water partition coefficient (Wildman–Crippen LogP) is 4.86. The fraction of sp³-hybridized carbons (Fsp3) is 0.0435. The maximum atomic E-state index is 12.3. The number of esters is 1. The van der Waals surface area contributed by atoms with Gasteiger partial charge >= 0.3 is 11.7 Å². The molecule has 1 aliphatic heterocycles. The highest BCUT2D eigenvalue weighted by molar-refractivity contribution is 6.13. The van der Waals surface area contributed by atoms with Gasteiger partial charge in [0.2, 0.25) is 11.6 Å². The van der Waals surface area contributed by atoms with Gasteiger partial charge in [0.15, 0.2) is 5.70 Å². The molecular formula is C23H14N4O9. The number of aliphatic imine (C=N–C) groups is 1. The van der Waals surface area contributed by atoms with Crippen molar-refractivity contribution in [3.05, 3.63) is 113 Å². The first-order valence-electron chi connectivity index (χ1n) is 10.1. The Labute approximate surface area is 201 Å². The van der Waals surface area contributed by atoms with Crippen LogP contribution in [-0.2, 0) is 9.53 Å². The van der Waals surface area contributed by atoms with Crippen molar-refractivity contribution in [1.29, 1.82) is 0 Å². The van der Waals surface area contributed by atoms with Gasteiger partial charge in [-0.05, 0) is 42.8 Å². The smallest absolute Gasteiger partial charge is 0.363 e. The van der Waals surface area contributed by atoms with Crippen LogP contribution in [0.15, 0.2) is 71.4 Å². The van der Waals surface area contributed by atoms with Crippen molar-refractivity contribution in [2.75, 3.05) is 0 Å². The predicted molar refractivity (Wildman–Crippen MR) is 125 cm³/mol. The molecule has 0 saturated heterocycles. The zero-order chi connectivity index (χ0) is 26.0. The molecule has 0 spiro atoms. The van der Waals surface area contributed by atoms with Gasteiger partial charge in [0.05, 0.1) is 20.8 Å². The van der Waals surface area contributed by atoms with Crippen LogP contribution < -0.4 is 4.74 Å². The molecule has 0 radical (unpaired) electrons. The number of carbonyl (C=O) groups excluding carboxylic acids is 1. The molecule has 0 N–H and O–H groups in total. The molecule has 180 valence electrons. The van der Waals surface area contributed by atoms with Crippen molar-refractivity contribution in [3.8, 4) is 11.5 Å². The second-order valence-corrected chi connectivity index (χ2v) is 7.44. The Morgan fingerprint density at radius 2 is 1.64 bits per heavy atom. The number of hydrogen-bond donors (Lipinski definition) is 0. The molecule has 13 heteroatoms. The maximum absolute atomic E-state index is 12.3. The molecule has 1 heterocycles. The number of rotatable bonds is 7. The Morgan fingerprint density at radius 3 is 2.33 bits per heavy atom. The largest absolute Gasteiger partial charge is 0.450 e. The molecule has 36 heavy (non-hydrogen) atoms. The first-order valence-corrected chi connectivity index (χ1v) is 10.1. The lowest BCUT2D eigenvalue weighted by atomic mass is 10.1. The molecule has 0 aliphatic carbocycles. The van der Waals surface area contributed by atoms with Gasteiger partial charge in [-0.15, -0.1) is 0 Å². The SMILES string of the molecule is Cc1ccc(C2=N/C(=C\c3cccc(Oc4ccc([N+](=O)[O-])cc4[N+](=O)[O-])c3)C(=O)O2)cc1[N+](=O)[O-]. The summed E-state index contributed by atoms with van der Waals surface area (Å²) >= 11 is 0. The Kier molecular flexibility index (Phi) is 6.20. The molecule has 0 atom stereocenters. The quantitative estimate of drug-likeness (QED) is 0.194. The average molecular weight is 490 g/mol. The van der Waals surface area contributed by atoms with Gasteiger partial charge in [-0.2, -0.15) is 0 Å². The standard InChI is InChI=1S/C23H14N4O9/c1-13-5-6-15(11-19(13)26(31)32)22-24-18(23(28)36-22)10-14-3-2-4-17(9-14)35-21-8-7-16(25(29)30)12-20(21)27(33)34/h2-12H,1H3/b18-10-. The topological polar surface area (TPSA) is 177 Å². The summed E-state index contributed by atoms with van der Waals surface area (Å²) in [6.07, 6.45) is 1.38. The molecule has 0 fully saturated rings. The zero-order valence-corrected chi connectivity index (χ0v) is 18.3. The number of nitro groups is 3. The van der Waals surface area contributed by atoms with Crippen LogP contribution in [0.5, 0.6) is 11.5 Å². The summed E-state index contributed by atoms with van der Waals surface area (Å²) in [6.45, 7) is 1.58. The van der Waals surface area contributed by atoms with Crippen molar-refractivity contribution in [2.45, 2.75) is 6.92 Å². The van der Waals surface area contributed by atoms with Crippen LogP contribution in [-0.4, -0.2) is 26.6 Å². The summed E-state index contributed by atoms with van der Waals surface area (Å²) in [7, 11) is 0. The van der Waals surface area contributed by atoms with Gasteiger partial charge in [0, 0.05) is 23.3 Å². The molecule has 3 aromatic rings. The lowest BCUT2D eigenvalue weighted by Gasteiger charge is -2.07. The first kappa shape index (κ1) is 23.7. The number of hydrogen-bond acceptors (Lipinski definition) is 10. The summed E-state index contributed by atoms with van der Waals surface area (Å²) < 4.78 is 10.7. The van der Waals surface area contributed by atoms with Crippen LogP contribution in [0.1, 0.15) is 16.7 Å². The first-order chi connectivity index (χ1) is 17.1. The van der Waals surface area contributed by atoms with E-state index in [9.17, 15) is 35.1 Å². The minimum Gasteiger partial charge on any atom is -0.450 e. The van der Waals surface area contributed by atoms with E-state index in [4.69, 9.17) is 9.47 Å². The van der Waals surface area contributed by atoms with E-state index in [-0.39, 0.29) is 34.3 Å². The number of cyclic esters (lactones) is 1. The third-order valence-electron chi connectivity index (χ3n) is 5.01. The number of non-ortho nitro benzene ring substituents is 1. The Morgan fingerprint density at radius 1 is 0.889 bits per heavy atom. The molecule has 0 bridgehead atoms. The zero-order valence-electron chi connectivity index (χ0n) is 18.3. The summed E-state index contributed by atoms with van der Waals surface area (Å²) in [5.41, 5.74) is -0.140. The Bertz CT molecular complexity index is 1510. The monoisotopic (exact) mass is 490 g/mol. The third kappa shape index (κ3) is 4.89. The Hall–Kier alpha value is -5.46. The van der Waals surface area contributed by atoms with Crippen LogP contribution in [0.25, 0.3) is 6.08 Å². The molecule has 0 saturated carbocycles. The minimum atomic E-state index is -0.797. The lowest BCUT2D eigenvalue weighted by Crippen LogP contribution is -2.06. The van der Waals surface area contributed by atoms with E-state index in [1.807, 2.05) is 0 Å². The average Bonchev–Trinajstić information content (AvgIpc) is 3.19. The van der Waals surface area contributed by atoms with Crippen LogP contribution in [0.4, 0.5) is 17.1 Å². The number of aryl methyl sites for hydroxylation is 1. The third-order valence-corrected chi connectivity index (χ3v) is 5.01. The van der Waals surface area contributed by atoms with E-state index in [2.05, 4.69) is 4.99 Å². The molecule has 4 rings (SSSR count). The van der Waals surface area contributed by atoms with E-state index < -0.39 is 32.1 Å². The highest BCUT2D eigenvalue weighted by Crippen LogP contribution is 2.35. The number of nitro benzene ring substituents is 3. The number of ether oxygens (including phenoxy) is 2. The lowest BCUT2D eigenvalue weighted by molar-refractivity contribution is -0.394.